The van der Waals surface area contributed by atoms with Gasteiger partial charge in [0.15, 0.2) is 5.95 Å². The number of nitrogens with zero attached hydrogens (tertiary/aromatic N) is 7. The quantitative estimate of drug-likeness (QED) is 0.138. The number of carbonyl (C=O) groups is 2. The van der Waals surface area contributed by atoms with Gasteiger partial charge in [0.05, 0.1) is 6.20 Å². The van der Waals surface area contributed by atoms with E-state index in [4.69, 9.17) is 11.5 Å². The third kappa shape index (κ3) is 21.3. The third-order valence-corrected chi connectivity index (χ3v) is 9.49. The topological polar surface area (TPSA) is 279 Å². The monoisotopic (exact) mass is 997 g/mol. The van der Waals surface area contributed by atoms with Crippen LogP contribution in [0.4, 0.5) is 14.7 Å². The maximum Gasteiger partial charge on any atom is 0.325 e. The lowest BCUT2D eigenvalue weighted by atomic mass is 10.1. The molecule has 0 aromatic carbocycles. The van der Waals surface area contributed by atoms with Crippen molar-refractivity contribution in [3.8, 4) is 0 Å². The Hall–Kier alpha value is -7.65. The Morgan fingerprint density at radius 1 is 0.662 bits per heavy atom. The zero-order valence-electron chi connectivity index (χ0n) is 42.1. The number of nitrogens with one attached hydrogen (secondary N) is 5. The molecule has 394 valence electrons. The van der Waals surface area contributed by atoms with Gasteiger partial charge < -0.3 is 46.4 Å². The summed E-state index contributed by atoms with van der Waals surface area (Å²) in [7, 11) is 0. The highest BCUT2D eigenvalue weighted by Crippen LogP contribution is 2.16. The van der Waals surface area contributed by atoms with Crippen molar-refractivity contribution in [2.24, 2.45) is 10.7 Å². The van der Waals surface area contributed by atoms with E-state index in [1.165, 1.54) is 23.9 Å². The van der Waals surface area contributed by atoms with Crippen molar-refractivity contribution in [1.82, 2.24) is 54.8 Å². The number of carbonyl (C=O) groups excluding carboxylic acids is 2. The molecule has 0 spiro atoms. The summed E-state index contributed by atoms with van der Waals surface area (Å²) in [5, 5.41) is 4.99. The minimum atomic E-state index is -0.781. The van der Waals surface area contributed by atoms with E-state index in [1.807, 2.05) is 91.4 Å². The summed E-state index contributed by atoms with van der Waals surface area (Å²) in [6.45, 7) is 37.7. The Morgan fingerprint density at radius 2 is 1.15 bits per heavy atom. The maximum atomic E-state index is 12.7. The second kappa shape index (κ2) is 30.1. The number of amidine groups is 1. The number of aromatic amines is 3. The van der Waals surface area contributed by atoms with Crippen molar-refractivity contribution in [2.75, 3.05) is 5.73 Å². The first-order chi connectivity index (χ1) is 31.9. The Labute approximate surface area is 416 Å². The predicted molar refractivity (Wildman–Crippen MR) is 281 cm³/mol. The second-order valence-electron chi connectivity index (χ2n) is 17.2. The number of anilines is 1. The molecular weight excluding hydrogens is 919 g/mol. The molecule has 0 atom stereocenters. The van der Waals surface area contributed by atoms with Gasteiger partial charge in [0.1, 0.15) is 29.0 Å². The fraction of sp³-hybridized carbons (Fsp3) is 0.449. The Kier molecular flexibility index (Phi) is 27.7. The summed E-state index contributed by atoms with van der Waals surface area (Å²) in [6.07, 6.45) is 10.7. The molecule has 3 aromatic heterocycles. The van der Waals surface area contributed by atoms with Crippen LogP contribution in [0.2, 0.25) is 0 Å². The highest BCUT2D eigenvalue weighted by Gasteiger charge is 2.22. The molecule has 3 aliphatic heterocycles. The number of amides is 2. The van der Waals surface area contributed by atoms with Gasteiger partial charge in [-0.2, -0.15) is 8.78 Å². The number of H-pyrrole nitrogens is 3. The van der Waals surface area contributed by atoms with Gasteiger partial charge in [-0.1, -0.05) is 62.3 Å². The molecular formula is C49H78F2N14O6. The fourth-order valence-corrected chi connectivity index (χ4v) is 5.69. The lowest BCUT2D eigenvalue weighted by molar-refractivity contribution is -0.119. The minimum absolute atomic E-state index is 0. The van der Waals surface area contributed by atoms with E-state index < -0.39 is 23.4 Å². The van der Waals surface area contributed by atoms with Crippen molar-refractivity contribution in [3.63, 3.8) is 0 Å². The number of hydrogen-bond donors (Lipinski definition) is 7. The molecule has 3 aliphatic rings. The van der Waals surface area contributed by atoms with Crippen LogP contribution < -0.4 is 44.5 Å². The number of hydrogen-bond acceptors (Lipinski definition) is 14. The van der Waals surface area contributed by atoms with Crippen LogP contribution in [0, 0.1) is 12.9 Å². The molecule has 20 nitrogen and oxygen atoms in total. The van der Waals surface area contributed by atoms with E-state index in [9.17, 15) is 37.5 Å². The van der Waals surface area contributed by atoms with E-state index in [-0.39, 0.29) is 73.0 Å². The molecule has 0 saturated heterocycles. The van der Waals surface area contributed by atoms with E-state index in [0.717, 1.165) is 18.0 Å². The lowest BCUT2D eigenvalue weighted by Crippen LogP contribution is -2.40. The number of rotatable bonds is 6. The summed E-state index contributed by atoms with van der Waals surface area (Å²) < 4.78 is 26.8. The molecule has 9 N–H and O–H groups in total. The average Bonchev–Trinajstić information content (AvgIpc) is 3.22. The number of aliphatic imine (C=N–C) groups is 1. The Morgan fingerprint density at radius 3 is 1.61 bits per heavy atom. The molecule has 0 bridgehead atoms. The SMILES string of the molecule is C.C.C=C1N=C(N)C=CN1C(C)C.C=C1NC(=O)C(C)=CN1C(C)C.C=C1NC(=O)C(F)=CN1C(C)C.CC(C)c1c[nH]c(=O)[nH]c1=O.CC(C)c1cnc(N)[nH]c1=O.Cc1nc(F)cn(C(C)C)c1=O. The molecule has 71 heavy (non-hydrogen) atoms. The van der Waals surface area contributed by atoms with Crippen LogP contribution >= 0.6 is 0 Å². The zero-order valence-corrected chi connectivity index (χ0v) is 42.1. The normalized spacial score (nSPS) is 13.9. The summed E-state index contributed by atoms with van der Waals surface area (Å²) in [5.74, 6) is 0.608. The van der Waals surface area contributed by atoms with Crippen molar-refractivity contribution in [1.29, 1.82) is 0 Å². The molecule has 22 heteroatoms. The Balaban J connectivity index is 0. The van der Waals surface area contributed by atoms with Crippen LogP contribution in [0.25, 0.3) is 0 Å². The van der Waals surface area contributed by atoms with Gasteiger partial charge in [-0.05, 0) is 87.1 Å². The number of aromatic nitrogens is 6. The number of nitrogens with two attached hydrogens (primary N) is 2. The van der Waals surface area contributed by atoms with Gasteiger partial charge in [0, 0.05) is 71.9 Å². The smallest absolute Gasteiger partial charge is 0.325 e. The van der Waals surface area contributed by atoms with Crippen molar-refractivity contribution in [3.05, 3.63) is 156 Å². The average molecular weight is 997 g/mol. The molecule has 6 rings (SSSR count). The van der Waals surface area contributed by atoms with Gasteiger partial charge in [0.25, 0.3) is 28.5 Å². The first-order valence-corrected chi connectivity index (χ1v) is 21.9. The standard InChI is InChI=1S/C9H14N2O.2C8H11FN2O.C8H13N3.C7H11N3O.C7H10N2O2.2CH4/c1-6(2)11-5-7(3)9(12)10-8(11)4;1-5(2)11-4-7(9)8(12)10-6(11)3;1-5(2)11-4-7(9)10-6(3)8(11)12;1-6(2)11-5-4-8(9)10-7(11)3;1-4(2)5-3-9-7(8)10-6(5)11;1-4(2)5-3-8-7(11)9-6(5)10;;/h5-6H,4H2,1-3H3,(H,10,12);4-5H,3H2,1-2H3,(H,10,12);4-5H,1-3H3;4-6H,3H2,1-2H3,(H2,9,10);3-4H,1-2H3,(H3,8,9,10,11);3-4H,1-2H3,(H2,8,9,10,11);2*1H4. The third-order valence-electron chi connectivity index (χ3n) is 9.49. The lowest BCUT2D eigenvalue weighted by Gasteiger charge is -2.31. The number of aryl methyl sites for hydroxylation is 1. The van der Waals surface area contributed by atoms with Crippen LogP contribution in [-0.4, -0.2) is 80.0 Å². The summed E-state index contributed by atoms with van der Waals surface area (Å²) in [6, 6.07) is 0.765. The summed E-state index contributed by atoms with van der Waals surface area (Å²) in [4.78, 5) is 89.5. The van der Waals surface area contributed by atoms with E-state index in [2.05, 4.69) is 74.1 Å². The fourth-order valence-electron chi connectivity index (χ4n) is 5.69. The van der Waals surface area contributed by atoms with Gasteiger partial charge in [-0.3, -0.25) is 33.9 Å². The Bertz CT molecular complexity index is 2620. The second-order valence-corrected chi connectivity index (χ2v) is 17.2. The van der Waals surface area contributed by atoms with Crippen LogP contribution in [0.1, 0.15) is 140 Å². The van der Waals surface area contributed by atoms with Crippen LogP contribution in [0.15, 0.2) is 116 Å². The molecule has 2 amide bonds. The van der Waals surface area contributed by atoms with Crippen LogP contribution in [0.3, 0.4) is 0 Å². The largest absolute Gasteiger partial charge is 0.384 e. The molecule has 0 saturated carbocycles. The molecule has 6 heterocycles. The van der Waals surface area contributed by atoms with E-state index >= 15 is 0 Å². The highest BCUT2D eigenvalue weighted by molar-refractivity contribution is 5.95. The maximum absolute atomic E-state index is 12.7. The molecule has 0 radical (unpaired) electrons. The summed E-state index contributed by atoms with van der Waals surface area (Å²) in [5.41, 5.74) is 11.8. The zero-order chi connectivity index (χ0) is 53.2. The van der Waals surface area contributed by atoms with Crippen LogP contribution in [0.5, 0.6) is 0 Å². The van der Waals surface area contributed by atoms with Crippen molar-refractivity contribution in [2.45, 2.75) is 148 Å². The van der Waals surface area contributed by atoms with Gasteiger partial charge in [0.2, 0.25) is 11.8 Å². The van der Waals surface area contributed by atoms with Gasteiger partial charge >= 0.3 is 5.69 Å². The van der Waals surface area contributed by atoms with Crippen molar-refractivity contribution < 1.29 is 18.4 Å². The van der Waals surface area contributed by atoms with Crippen LogP contribution in [-0.2, 0) is 9.59 Å². The van der Waals surface area contributed by atoms with Gasteiger partial charge in [-0.25, -0.2) is 19.8 Å². The summed E-state index contributed by atoms with van der Waals surface area (Å²) >= 11 is 0. The van der Waals surface area contributed by atoms with E-state index in [1.54, 1.807) is 17.9 Å². The first-order valence-electron chi connectivity index (χ1n) is 21.9. The van der Waals surface area contributed by atoms with E-state index in [0.29, 0.717) is 46.5 Å². The molecule has 0 aliphatic carbocycles. The first kappa shape index (κ1) is 65.4. The minimum Gasteiger partial charge on any atom is -0.384 e. The number of halogens is 2. The highest BCUT2D eigenvalue weighted by atomic mass is 19.1. The van der Waals surface area contributed by atoms with Gasteiger partial charge in [-0.15, -0.1) is 0 Å². The van der Waals surface area contributed by atoms with Crippen molar-refractivity contribution >= 4 is 23.6 Å². The molecule has 0 unspecified atom stereocenters. The molecule has 3 aromatic rings. The molecule has 0 fully saturated rings. The number of nitrogen functional groups attached to an aromatic ring is 1. The predicted octanol–water partition coefficient (Wildman–Crippen LogP) is 6.57.